The average Bonchev–Trinajstić information content (AvgIpc) is 2.85. The molecule has 6 nitrogen and oxygen atoms in total. The van der Waals surface area contributed by atoms with Crippen molar-refractivity contribution < 1.29 is 29.3 Å². The number of rotatable bonds is 14. The Morgan fingerprint density at radius 1 is 0.703 bits per heavy atom. The molecule has 2 aromatic carbocycles. The molecule has 0 atom stereocenters. The summed E-state index contributed by atoms with van der Waals surface area (Å²) in [6.07, 6.45) is 11.1. The van der Waals surface area contributed by atoms with Gasteiger partial charge in [0.2, 0.25) is 0 Å². The number of carboxylic acid groups (broad SMARTS) is 2. The molecule has 0 bridgehead atoms. The molecule has 0 unspecified atom stereocenters. The Balaban J connectivity index is 0.000000682. The van der Waals surface area contributed by atoms with Gasteiger partial charge in [0.15, 0.2) is 0 Å². The van der Waals surface area contributed by atoms with E-state index >= 15 is 0 Å². The van der Waals surface area contributed by atoms with E-state index in [1.807, 2.05) is 62.4 Å². The van der Waals surface area contributed by atoms with Crippen LogP contribution in [0, 0.1) is 13.8 Å². The molecule has 0 aromatic heterocycles. The van der Waals surface area contributed by atoms with Crippen LogP contribution >= 0.6 is 0 Å². The average molecular weight is 519 g/mol. The van der Waals surface area contributed by atoms with Crippen LogP contribution in [0.15, 0.2) is 60.7 Å². The zero-order valence-electron chi connectivity index (χ0n) is 22.6. The van der Waals surface area contributed by atoms with Gasteiger partial charge >= 0.3 is 23.1 Å². The Bertz CT molecular complexity index is 932. The number of aryl methyl sites for hydroxylation is 2. The molecular formula is C30H38MgO6. The van der Waals surface area contributed by atoms with Crippen LogP contribution < -0.4 is 19.7 Å². The summed E-state index contributed by atoms with van der Waals surface area (Å²) in [5.41, 5.74) is 4.00. The topological polar surface area (TPSA) is 98.7 Å². The summed E-state index contributed by atoms with van der Waals surface area (Å²) in [7, 11) is 0. The van der Waals surface area contributed by atoms with Crippen molar-refractivity contribution >= 4 is 35.0 Å². The third-order valence-corrected chi connectivity index (χ3v) is 5.46. The van der Waals surface area contributed by atoms with Crippen LogP contribution in [0.3, 0.4) is 0 Å². The summed E-state index contributed by atoms with van der Waals surface area (Å²) in [6, 6.07) is 11.4. The molecule has 0 heterocycles. The fourth-order valence-electron chi connectivity index (χ4n) is 3.39. The summed E-state index contributed by atoms with van der Waals surface area (Å²) in [6.45, 7) is 9.12. The van der Waals surface area contributed by atoms with Gasteiger partial charge in [0.25, 0.3) is 0 Å². The van der Waals surface area contributed by atoms with Crippen molar-refractivity contribution in [1.29, 1.82) is 0 Å². The zero-order chi connectivity index (χ0) is 26.8. The summed E-state index contributed by atoms with van der Waals surface area (Å²) >= 11 is 0. The molecule has 2 rings (SSSR count). The standard InChI is InChI=1S/2C15H20O3.Mg/c2*1-3-4-5-11-18-14-8-6-7-13(12(14)2)9-10-15(16)17;/h2*4-8H,3,9-11H2,1-2H3,(H,16,17);/q;;+2/p-2/b2*5-4-;. The van der Waals surface area contributed by atoms with Crippen molar-refractivity contribution in [1.82, 2.24) is 0 Å². The minimum atomic E-state index is -1.02. The fourth-order valence-corrected chi connectivity index (χ4v) is 3.39. The third-order valence-electron chi connectivity index (χ3n) is 5.46. The molecule has 2 aromatic rings. The van der Waals surface area contributed by atoms with E-state index in [-0.39, 0.29) is 35.9 Å². The van der Waals surface area contributed by atoms with E-state index in [9.17, 15) is 19.8 Å². The Kier molecular flexibility index (Phi) is 18.8. The maximum atomic E-state index is 10.5. The quantitative estimate of drug-likeness (QED) is 0.279. The predicted octanol–water partition coefficient (Wildman–Crippen LogP) is 3.66. The predicted molar refractivity (Wildman–Crippen MR) is 145 cm³/mol. The van der Waals surface area contributed by atoms with Gasteiger partial charge in [-0.05, 0) is 86.8 Å². The van der Waals surface area contributed by atoms with Crippen molar-refractivity contribution in [2.45, 2.75) is 66.2 Å². The van der Waals surface area contributed by atoms with Crippen LogP contribution in [0.4, 0.5) is 0 Å². The van der Waals surface area contributed by atoms with Crippen LogP contribution in [0.2, 0.25) is 0 Å². The summed E-state index contributed by atoms with van der Waals surface area (Å²) in [5.74, 6) is -0.420. The van der Waals surface area contributed by atoms with Gasteiger partial charge in [-0.1, -0.05) is 62.4 Å². The molecule has 0 radical (unpaired) electrons. The smallest absolute Gasteiger partial charge is 0.550 e. The molecular weight excluding hydrogens is 481 g/mol. The molecule has 196 valence electrons. The number of aliphatic carboxylic acids is 2. The number of hydrogen-bond acceptors (Lipinski definition) is 6. The summed E-state index contributed by atoms with van der Waals surface area (Å²) in [4.78, 5) is 20.9. The molecule has 7 heteroatoms. The van der Waals surface area contributed by atoms with Gasteiger partial charge in [-0.2, -0.15) is 0 Å². The van der Waals surface area contributed by atoms with Gasteiger partial charge in [0.05, 0.1) is 0 Å². The molecule has 0 saturated heterocycles. The Hall–Kier alpha value is -2.77. The van der Waals surface area contributed by atoms with E-state index in [1.165, 1.54) is 0 Å². The maximum absolute atomic E-state index is 10.5. The molecule has 0 aliphatic heterocycles. The van der Waals surface area contributed by atoms with E-state index in [0.717, 1.165) is 46.6 Å². The van der Waals surface area contributed by atoms with Crippen molar-refractivity contribution in [2.75, 3.05) is 13.2 Å². The van der Waals surface area contributed by atoms with E-state index in [4.69, 9.17) is 9.47 Å². The van der Waals surface area contributed by atoms with Gasteiger partial charge in [-0.3, -0.25) is 0 Å². The summed E-state index contributed by atoms with van der Waals surface area (Å²) in [5, 5.41) is 20.9. The number of carboxylic acids is 2. The van der Waals surface area contributed by atoms with Crippen LogP contribution in [0.5, 0.6) is 11.5 Å². The van der Waals surface area contributed by atoms with Crippen molar-refractivity contribution in [3.8, 4) is 11.5 Å². The second kappa shape index (κ2) is 20.3. The van der Waals surface area contributed by atoms with Gasteiger partial charge in [0.1, 0.15) is 24.7 Å². The Morgan fingerprint density at radius 3 is 1.41 bits per heavy atom. The van der Waals surface area contributed by atoms with Crippen LogP contribution in [0.25, 0.3) is 0 Å². The van der Waals surface area contributed by atoms with Crippen LogP contribution in [-0.4, -0.2) is 48.2 Å². The van der Waals surface area contributed by atoms with Crippen molar-refractivity contribution in [3.05, 3.63) is 83.0 Å². The van der Waals surface area contributed by atoms with Gasteiger partial charge in [0, 0.05) is 11.9 Å². The molecule has 0 spiro atoms. The molecule has 0 N–H and O–H groups in total. The fraction of sp³-hybridized carbons (Fsp3) is 0.400. The molecule has 0 amide bonds. The first-order chi connectivity index (χ1) is 17.3. The number of carbonyl (C=O) groups excluding carboxylic acids is 2. The van der Waals surface area contributed by atoms with Crippen molar-refractivity contribution in [3.63, 3.8) is 0 Å². The largest absolute Gasteiger partial charge is 2.00 e. The molecule has 0 aliphatic carbocycles. The second-order valence-electron chi connectivity index (χ2n) is 8.21. The normalized spacial score (nSPS) is 10.5. The second-order valence-corrected chi connectivity index (χ2v) is 8.21. The number of allylic oxidation sites excluding steroid dienone is 2. The molecule has 37 heavy (non-hydrogen) atoms. The minimum Gasteiger partial charge on any atom is -0.550 e. The van der Waals surface area contributed by atoms with Crippen molar-refractivity contribution in [2.24, 2.45) is 0 Å². The summed E-state index contributed by atoms with van der Waals surface area (Å²) < 4.78 is 11.3. The Labute approximate surface area is 237 Å². The molecule has 0 saturated carbocycles. The van der Waals surface area contributed by atoms with E-state index in [0.29, 0.717) is 26.1 Å². The third kappa shape index (κ3) is 14.5. The first-order valence-corrected chi connectivity index (χ1v) is 12.4. The first-order valence-electron chi connectivity index (χ1n) is 12.4. The monoisotopic (exact) mass is 518 g/mol. The molecule has 0 fully saturated rings. The van der Waals surface area contributed by atoms with E-state index in [2.05, 4.69) is 26.0 Å². The van der Waals surface area contributed by atoms with Crippen LogP contribution in [0.1, 0.15) is 61.8 Å². The number of benzene rings is 2. The van der Waals surface area contributed by atoms with E-state index in [1.54, 1.807) is 0 Å². The SMILES string of the molecule is CC/C=C\COc1cccc(CCC(=O)[O-])c1C.CC/C=C\COc1cccc(CCC(=O)[O-])c1C.[Mg+2]. The Morgan fingerprint density at radius 2 is 1.08 bits per heavy atom. The van der Waals surface area contributed by atoms with Gasteiger partial charge in [-0.25, -0.2) is 0 Å². The van der Waals surface area contributed by atoms with E-state index < -0.39 is 11.9 Å². The molecule has 0 aliphatic rings. The zero-order valence-corrected chi connectivity index (χ0v) is 24.0. The first kappa shape index (κ1) is 34.2. The number of hydrogen-bond donors (Lipinski definition) is 0. The minimum absolute atomic E-state index is 0. The van der Waals surface area contributed by atoms with Gasteiger partial charge < -0.3 is 29.3 Å². The van der Waals surface area contributed by atoms with Gasteiger partial charge in [-0.15, -0.1) is 0 Å². The maximum Gasteiger partial charge on any atom is 2.00 e. The number of carbonyl (C=O) groups is 2. The van der Waals surface area contributed by atoms with Crippen LogP contribution in [-0.2, 0) is 22.4 Å². The number of ether oxygens (including phenoxy) is 2.